The Balaban J connectivity index is 1.66. The largest absolute Gasteiger partial charge is 0.398 e. The number of anilines is 2. The SMILES string of the molecule is CC(=O)c1ccc(NC(=O)c2ccc(C(=O)Cc3ccc(F)cc3N)cc2)cc1. The van der Waals surface area contributed by atoms with Gasteiger partial charge < -0.3 is 11.1 Å². The van der Waals surface area contributed by atoms with Crippen LogP contribution in [0, 0.1) is 5.82 Å². The lowest BCUT2D eigenvalue weighted by atomic mass is 10.0. The molecular weight excluding hydrogens is 371 g/mol. The van der Waals surface area contributed by atoms with Crippen LogP contribution in [0.1, 0.15) is 43.6 Å². The molecule has 0 aliphatic heterocycles. The molecule has 0 bridgehead atoms. The number of nitrogens with two attached hydrogens (primary N) is 1. The average molecular weight is 390 g/mol. The summed E-state index contributed by atoms with van der Waals surface area (Å²) in [7, 11) is 0. The highest BCUT2D eigenvalue weighted by Crippen LogP contribution is 2.17. The van der Waals surface area contributed by atoms with Crippen molar-refractivity contribution in [3.8, 4) is 0 Å². The summed E-state index contributed by atoms with van der Waals surface area (Å²) in [5.41, 5.74) is 8.46. The molecule has 0 saturated carbocycles. The molecule has 146 valence electrons. The second-order valence-electron chi connectivity index (χ2n) is 6.61. The van der Waals surface area contributed by atoms with Crippen LogP contribution >= 0.6 is 0 Å². The number of Topliss-reactive ketones (excluding diaryl/α,β-unsaturated/α-hetero) is 2. The van der Waals surface area contributed by atoms with Crippen LogP contribution in [0.15, 0.2) is 66.7 Å². The molecule has 0 radical (unpaired) electrons. The van der Waals surface area contributed by atoms with Crippen molar-refractivity contribution in [2.75, 3.05) is 11.1 Å². The molecule has 0 unspecified atom stereocenters. The van der Waals surface area contributed by atoms with Crippen LogP contribution in [0.2, 0.25) is 0 Å². The van der Waals surface area contributed by atoms with Crippen LogP contribution in [0.3, 0.4) is 0 Å². The number of benzene rings is 3. The summed E-state index contributed by atoms with van der Waals surface area (Å²) in [6, 6.07) is 16.8. The fourth-order valence-electron chi connectivity index (χ4n) is 2.80. The fraction of sp³-hybridized carbons (Fsp3) is 0.0870. The first-order chi connectivity index (χ1) is 13.8. The Labute approximate surface area is 167 Å². The quantitative estimate of drug-likeness (QED) is 0.485. The average Bonchev–Trinajstić information content (AvgIpc) is 2.70. The van der Waals surface area contributed by atoms with E-state index in [2.05, 4.69) is 5.32 Å². The first-order valence-electron chi connectivity index (χ1n) is 8.93. The summed E-state index contributed by atoms with van der Waals surface area (Å²) in [6.07, 6.45) is 0.0418. The Morgan fingerprint density at radius 3 is 2.03 bits per heavy atom. The van der Waals surface area contributed by atoms with Crippen molar-refractivity contribution < 1.29 is 18.8 Å². The zero-order valence-electron chi connectivity index (χ0n) is 15.7. The van der Waals surface area contributed by atoms with Crippen molar-refractivity contribution in [2.45, 2.75) is 13.3 Å². The molecule has 3 rings (SSSR count). The Morgan fingerprint density at radius 2 is 1.45 bits per heavy atom. The number of rotatable bonds is 6. The van der Waals surface area contributed by atoms with Gasteiger partial charge in [-0.15, -0.1) is 0 Å². The van der Waals surface area contributed by atoms with Crippen molar-refractivity contribution >= 4 is 28.8 Å². The van der Waals surface area contributed by atoms with Crippen molar-refractivity contribution in [3.63, 3.8) is 0 Å². The van der Waals surface area contributed by atoms with Crippen LogP contribution in [0.4, 0.5) is 15.8 Å². The zero-order valence-corrected chi connectivity index (χ0v) is 15.7. The van der Waals surface area contributed by atoms with Crippen LogP contribution in [0.25, 0.3) is 0 Å². The molecule has 0 aliphatic carbocycles. The van der Waals surface area contributed by atoms with E-state index in [1.807, 2.05) is 0 Å². The first kappa shape index (κ1) is 19.9. The number of carbonyl (C=O) groups is 3. The molecule has 0 heterocycles. The minimum Gasteiger partial charge on any atom is -0.398 e. The Hall–Kier alpha value is -3.80. The minimum atomic E-state index is -0.454. The number of nitrogens with one attached hydrogen (secondary N) is 1. The molecule has 0 aromatic heterocycles. The van der Waals surface area contributed by atoms with Gasteiger partial charge in [0.15, 0.2) is 11.6 Å². The highest BCUT2D eigenvalue weighted by molar-refractivity contribution is 6.05. The Kier molecular flexibility index (Phi) is 5.83. The van der Waals surface area contributed by atoms with E-state index in [-0.39, 0.29) is 29.6 Å². The molecule has 0 aliphatic rings. The fourth-order valence-corrected chi connectivity index (χ4v) is 2.80. The molecule has 3 aromatic carbocycles. The summed E-state index contributed by atoms with van der Waals surface area (Å²) in [6.45, 7) is 1.47. The third-order valence-corrected chi connectivity index (χ3v) is 4.48. The molecular formula is C23H19FN2O3. The van der Waals surface area contributed by atoms with Gasteiger partial charge in [-0.1, -0.05) is 18.2 Å². The summed E-state index contributed by atoms with van der Waals surface area (Å²) in [4.78, 5) is 36.1. The van der Waals surface area contributed by atoms with E-state index in [1.165, 1.54) is 25.1 Å². The summed E-state index contributed by atoms with van der Waals surface area (Å²) in [5.74, 6) is -1.02. The minimum absolute atomic E-state index is 0.0418. The number of carbonyl (C=O) groups excluding carboxylic acids is 3. The van der Waals surface area contributed by atoms with Crippen molar-refractivity contribution in [1.82, 2.24) is 0 Å². The standard InChI is InChI=1S/C23H19FN2O3/c1-14(27)15-7-10-20(11-8-15)26-23(29)17-4-2-16(3-5-17)22(28)12-18-6-9-19(24)13-21(18)25/h2-11,13H,12,25H2,1H3,(H,26,29). The molecule has 3 aromatic rings. The van der Waals surface area contributed by atoms with E-state index in [1.54, 1.807) is 48.5 Å². The third-order valence-electron chi connectivity index (χ3n) is 4.48. The molecule has 0 fully saturated rings. The van der Waals surface area contributed by atoms with E-state index in [9.17, 15) is 18.8 Å². The van der Waals surface area contributed by atoms with Crippen LogP contribution < -0.4 is 11.1 Å². The summed E-state index contributed by atoms with van der Waals surface area (Å²) in [5, 5.41) is 2.74. The lowest BCUT2D eigenvalue weighted by Gasteiger charge is -2.08. The summed E-state index contributed by atoms with van der Waals surface area (Å²) >= 11 is 0. The maximum absolute atomic E-state index is 13.1. The van der Waals surface area contributed by atoms with Gasteiger partial charge in [0.1, 0.15) is 5.82 Å². The van der Waals surface area contributed by atoms with Crippen LogP contribution in [-0.2, 0) is 6.42 Å². The van der Waals surface area contributed by atoms with E-state index in [0.717, 1.165) is 0 Å². The highest BCUT2D eigenvalue weighted by atomic mass is 19.1. The molecule has 3 N–H and O–H groups in total. The smallest absolute Gasteiger partial charge is 0.255 e. The van der Waals surface area contributed by atoms with Gasteiger partial charge in [-0.2, -0.15) is 0 Å². The molecule has 6 heteroatoms. The zero-order chi connectivity index (χ0) is 21.0. The molecule has 29 heavy (non-hydrogen) atoms. The van der Waals surface area contributed by atoms with Gasteiger partial charge in [-0.25, -0.2) is 4.39 Å². The van der Waals surface area contributed by atoms with Gasteiger partial charge in [-0.05, 0) is 61.0 Å². The predicted molar refractivity (Wildman–Crippen MR) is 110 cm³/mol. The molecule has 5 nitrogen and oxygen atoms in total. The van der Waals surface area contributed by atoms with Crippen molar-refractivity contribution in [1.29, 1.82) is 0 Å². The molecule has 0 atom stereocenters. The van der Waals surface area contributed by atoms with Crippen LogP contribution in [0.5, 0.6) is 0 Å². The Morgan fingerprint density at radius 1 is 0.862 bits per heavy atom. The second-order valence-corrected chi connectivity index (χ2v) is 6.61. The van der Waals surface area contributed by atoms with Gasteiger partial charge in [0.2, 0.25) is 0 Å². The number of halogens is 1. The van der Waals surface area contributed by atoms with E-state index in [4.69, 9.17) is 5.73 Å². The van der Waals surface area contributed by atoms with Gasteiger partial charge in [0.05, 0.1) is 0 Å². The second kappa shape index (κ2) is 8.48. The number of nitrogen functional groups attached to an aromatic ring is 1. The van der Waals surface area contributed by atoms with E-state index in [0.29, 0.717) is 27.9 Å². The highest BCUT2D eigenvalue weighted by Gasteiger charge is 2.12. The lowest BCUT2D eigenvalue weighted by molar-refractivity contribution is 0.0987. The monoisotopic (exact) mass is 390 g/mol. The normalized spacial score (nSPS) is 10.4. The van der Waals surface area contributed by atoms with Gasteiger partial charge in [-0.3, -0.25) is 14.4 Å². The van der Waals surface area contributed by atoms with Crippen molar-refractivity contribution in [2.24, 2.45) is 0 Å². The maximum atomic E-state index is 13.1. The van der Waals surface area contributed by atoms with E-state index >= 15 is 0 Å². The van der Waals surface area contributed by atoms with Gasteiger partial charge >= 0.3 is 0 Å². The third kappa shape index (κ3) is 4.93. The predicted octanol–water partition coefficient (Wildman–Crippen LogP) is 4.29. The van der Waals surface area contributed by atoms with Crippen molar-refractivity contribution in [3.05, 3.63) is 94.8 Å². The number of ketones is 2. The Bertz CT molecular complexity index is 1070. The van der Waals surface area contributed by atoms with Gasteiger partial charge in [0, 0.05) is 34.5 Å². The number of hydrogen-bond donors (Lipinski definition) is 2. The number of amides is 1. The molecule has 1 amide bonds. The summed E-state index contributed by atoms with van der Waals surface area (Å²) < 4.78 is 13.1. The molecule has 0 spiro atoms. The lowest BCUT2D eigenvalue weighted by Crippen LogP contribution is -2.12. The maximum Gasteiger partial charge on any atom is 0.255 e. The first-order valence-corrected chi connectivity index (χ1v) is 8.93. The van der Waals surface area contributed by atoms with Crippen LogP contribution in [-0.4, -0.2) is 17.5 Å². The van der Waals surface area contributed by atoms with Gasteiger partial charge in [0.25, 0.3) is 5.91 Å². The topological polar surface area (TPSA) is 89.3 Å². The number of hydrogen-bond acceptors (Lipinski definition) is 4. The van der Waals surface area contributed by atoms with E-state index < -0.39 is 5.82 Å². The molecule has 0 saturated heterocycles.